The molecule has 138 valence electrons. The predicted octanol–water partition coefficient (Wildman–Crippen LogP) is 3.34. The third-order valence-corrected chi connectivity index (χ3v) is 5.09. The van der Waals surface area contributed by atoms with Crippen LogP contribution in [0.2, 0.25) is 0 Å². The molecule has 1 amide bonds. The maximum Gasteiger partial charge on any atom is 0.220 e. The van der Waals surface area contributed by atoms with E-state index in [1.54, 1.807) is 0 Å². The molecule has 0 unspecified atom stereocenters. The average molecular weight is 352 g/mol. The van der Waals surface area contributed by atoms with Gasteiger partial charge >= 0.3 is 0 Å². The molecule has 2 atom stereocenters. The fourth-order valence-corrected chi connectivity index (χ4v) is 3.45. The minimum atomic E-state index is 0.111. The van der Waals surface area contributed by atoms with Crippen molar-refractivity contribution >= 4 is 5.91 Å². The largest absolute Gasteiger partial charge is 0.379 e. The van der Waals surface area contributed by atoms with Crippen molar-refractivity contribution in [2.45, 2.75) is 45.1 Å². The van der Waals surface area contributed by atoms with Crippen LogP contribution in [0, 0.1) is 5.92 Å². The number of aromatic nitrogens is 1. The van der Waals surface area contributed by atoms with Crippen LogP contribution in [0.4, 0.5) is 0 Å². The summed E-state index contributed by atoms with van der Waals surface area (Å²) in [5.74, 6) is 0.466. The zero-order valence-corrected chi connectivity index (χ0v) is 15.5. The molecule has 2 aromatic rings. The Kier molecular flexibility index (Phi) is 6.78. The molecule has 1 aliphatic rings. The molecule has 3 rings (SSSR count). The van der Waals surface area contributed by atoms with Crippen molar-refractivity contribution in [3.05, 3.63) is 65.5 Å². The highest BCUT2D eigenvalue weighted by Gasteiger charge is 2.29. The Morgan fingerprint density at radius 3 is 2.54 bits per heavy atom. The summed E-state index contributed by atoms with van der Waals surface area (Å²) in [7, 11) is 0. The Morgan fingerprint density at radius 2 is 1.81 bits per heavy atom. The Morgan fingerprint density at radius 1 is 1.08 bits per heavy atom. The van der Waals surface area contributed by atoms with Gasteiger partial charge in [0.05, 0.1) is 19.3 Å². The lowest BCUT2D eigenvalue weighted by Crippen LogP contribution is -2.40. The SMILES string of the molecule is CCc1ccc(CCCC(=O)N[C@H]2COC[C@H]2Cc2ccncc2)cc1. The second-order valence-corrected chi connectivity index (χ2v) is 7.05. The van der Waals surface area contributed by atoms with Gasteiger partial charge in [0.15, 0.2) is 0 Å². The molecule has 1 aliphatic heterocycles. The molecule has 0 spiro atoms. The van der Waals surface area contributed by atoms with Gasteiger partial charge in [-0.2, -0.15) is 0 Å². The van der Waals surface area contributed by atoms with Gasteiger partial charge in [-0.3, -0.25) is 9.78 Å². The third-order valence-electron chi connectivity index (χ3n) is 5.09. The van der Waals surface area contributed by atoms with E-state index in [1.165, 1.54) is 16.7 Å². The summed E-state index contributed by atoms with van der Waals surface area (Å²) in [5, 5.41) is 3.17. The van der Waals surface area contributed by atoms with Crippen molar-refractivity contribution < 1.29 is 9.53 Å². The van der Waals surface area contributed by atoms with Gasteiger partial charge in [0.1, 0.15) is 0 Å². The van der Waals surface area contributed by atoms with Gasteiger partial charge in [0.25, 0.3) is 0 Å². The zero-order valence-electron chi connectivity index (χ0n) is 15.5. The number of carbonyl (C=O) groups excluding carboxylic acids is 1. The Hall–Kier alpha value is -2.20. The van der Waals surface area contributed by atoms with Crippen LogP contribution in [0.1, 0.15) is 36.5 Å². The molecule has 0 radical (unpaired) electrons. The zero-order chi connectivity index (χ0) is 18.2. The highest BCUT2D eigenvalue weighted by Crippen LogP contribution is 2.19. The van der Waals surface area contributed by atoms with E-state index >= 15 is 0 Å². The molecular formula is C22H28N2O2. The summed E-state index contributed by atoms with van der Waals surface area (Å²) in [5.41, 5.74) is 3.90. The van der Waals surface area contributed by atoms with E-state index in [2.05, 4.69) is 41.5 Å². The maximum absolute atomic E-state index is 12.3. The van der Waals surface area contributed by atoms with Gasteiger partial charge in [-0.25, -0.2) is 0 Å². The highest BCUT2D eigenvalue weighted by atomic mass is 16.5. The molecule has 4 nitrogen and oxygen atoms in total. The van der Waals surface area contributed by atoms with Crippen molar-refractivity contribution in [1.29, 1.82) is 0 Å². The van der Waals surface area contributed by atoms with E-state index in [9.17, 15) is 4.79 Å². The summed E-state index contributed by atoms with van der Waals surface area (Å²) in [4.78, 5) is 16.4. The van der Waals surface area contributed by atoms with Crippen LogP contribution in [0.15, 0.2) is 48.8 Å². The minimum Gasteiger partial charge on any atom is -0.379 e. The monoisotopic (exact) mass is 352 g/mol. The summed E-state index contributed by atoms with van der Waals surface area (Å²) < 4.78 is 5.61. The van der Waals surface area contributed by atoms with Crippen molar-refractivity contribution in [2.75, 3.05) is 13.2 Å². The Bertz CT molecular complexity index is 685. The number of rotatable bonds is 8. The fourth-order valence-electron chi connectivity index (χ4n) is 3.45. The molecule has 1 fully saturated rings. The van der Waals surface area contributed by atoms with Crippen LogP contribution in [-0.2, 0) is 28.8 Å². The molecule has 2 heterocycles. The molecule has 1 aromatic carbocycles. The molecule has 0 aliphatic carbocycles. The lowest BCUT2D eigenvalue weighted by Gasteiger charge is -2.19. The second kappa shape index (κ2) is 9.48. The van der Waals surface area contributed by atoms with Crippen LogP contribution in [-0.4, -0.2) is 30.1 Å². The number of nitrogens with one attached hydrogen (secondary N) is 1. The van der Waals surface area contributed by atoms with Gasteiger partial charge in [0.2, 0.25) is 5.91 Å². The molecule has 0 saturated carbocycles. The smallest absolute Gasteiger partial charge is 0.220 e. The van der Waals surface area contributed by atoms with Crippen molar-refractivity contribution in [3.63, 3.8) is 0 Å². The van der Waals surface area contributed by atoms with E-state index in [0.29, 0.717) is 25.6 Å². The van der Waals surface area contributed by atoms with Gasteiger partial charge in [-0.05, 0) is 54.5 Å². The molecule has 26 heavy (non-hydrogen) atoms. The number of benzene rings is 1. The van der Waals surface area contributed by atoms with E-state index in [0.717, 1.165) is 25.7 Å². The van der Waals surface area contributed by atoms with Crippen molar-refractivity contribution in [2.24, 2.45) is 5.92 Å². The lowest BCUT2D eigenvalue weighted by molar-refractivity contribution is -0.122. The third kappa shape index (κ3) is 5.40. The highest BCUT2D eigenvalue weighted by molar-refractivity contribution is 5.76. The number of pyridine rings is 1. The summed E-state index contributed by atoms with van der Waals surface area (Å²) >= 11 is 0. The van der Waals surface area contributed by atoms with Crippen LogP contribution < -0.4 is 5.32 Å². The molecular weight excluding hydrogens is 324 g/mol. The molecule has 1 aromatic heterocycles. The Balaban J connectivity index is 1.41. The van der Waals surface area contributed by atoms with E-state index in [1.807, 2.05) is 24.5 Å². The van der Waals surface area contributed by atoms with Crippen LogP contribution in [0.5, 0.6) is 0 Å². The van der Waals surface area contributed by atoms with Gasteiger partial charge in [-0.15, -0.1) is 0 Å². The summed E-state index contributed by atoms with van der Waals surface area (Å²) in [6.07, 6.45) is 7.98. The van der Waals surface area contributed by atoms with Crippen molar-refractivity contribution in [1.82, 2.24) is 10.3 Å². The first kappa shape index (κ1) is 18.6. The number of nitrogens with zero attached hydrogens (tertiary/aromatic N) is 1. The number of carbonyl (C=O) groups is 1. The van der Waals surface area contributed by atoms with E-state index in [-0.39, 0.29) is 11.9 Å². The number of amides is 1. The van der Waals surface area contributed by atoms with Crippen LogP contribution in [0.25, 0.3) is 0 Å². The Labute approximate surface area is 156 Å². The van der Waals surface area contributed by atoms with Gasteiger partial charge in [0, 0.05) is 24.7 Å². The first-order valence-electron chi connectivity index (χ1n) is 9.58. The number of ether oxygens (including phenoxy) is 1. The molecule has 1 saturated heterocycles. The summed E-state index contributed by atoms with van der Waals surface area (Å²) in [6.45, 7) is 3.48. The second-order valence-electron chi connectivity index (χ2n) is 7.05. The topological polar surface area (TPSA) is 51.2 Å². The summed E-state index contributed by atoms with van der Waals surface area (Å²) in [6, 6.07) is 12.9. The number of hydrogen-bond acceptors (Lipinski definition) is 3. The van der Waals surface area contributed by atoms with Gasteiger partial charge < -0.3 is 10.1 Å². The first-order valence-corrected chi connectivity index (χ1v) is 9.58. The predicted molar refractivity (Wildman–Crippen MR) is 103 cm³/mol. The van der Waals surface area contributed by atoms with Crippen LogP contribution >= 0.6 is 0 Å². The lowest BCUT2D eigenvalue weighted by atomic mass is 9.95. The number of aryl methyl sites for hydroxylation is 2. The minimum absolute atomic E-state index is 0.111. The fraction of sp³-hybridized carbons (Fsp3) is 0.455. The number of hydrogen-bond donors (Lipinski definition) is 1. The molecule has 0 bridgehead atoms. The molecule has 4 heteroatoms. The standard InChI is InChI=1S/C22H28N2O2/c1-2-17-6-8-18(9-7-17)4-3-5-22(25)24-21-16-26-15-20(21)14-19-10-12-23-13-11-19/h6-13,20-21H,2-5,14-16H2,1H3,(H,24,25)/t20-,21+/m1/s1. The maximum atomic E-state index is 12.3. The average Bonchev–Trinajstić information content (AvgIpc) is 3.09. The normalized spacial score (nSPS) is 19.4. The first-order chi connectivity index (χ1) is 12.7. The van der Waals surface area contributed by atoms with Crippen molar-refractivity contribution in [3.8, 4) is 0 Å². The quantitative estimate of drug-likeness (QED) is 0.793. The van der Waals surface area contributed by atoms with Gasteiger partial charge in [-0.1, -0.05) is 31.2 Å². The van der Waals surface area contributed by atoms with E-state index < -0.39 is 0 Å². The molecule has 1 N–H and O–H groups in total. The van der Waals surface area contributed by atoms with E-state index in [4.69, 9.17) is 4.74 Å². The van der Waals surface area contributed by atoms with Crippen LogP contribution in [0.3, 0.4) is 0 Å².